The average molecular weight is 215 g/mol. The minimum atomic E-state index is -3.18. The Morgan fingerprint density at radius 2 is 2.27 bits per heavy atom. The van der Waals surface area contributed by atoms with Gasteiger partial charge < -0.3 is 15.2 Å². The van der Waals surface area contributed by atoms with Crippen molar-refractivity contribution in [2.75, 3.05) is 0 Å². The molecule has 8 heteroatoms. The Hall–Kier alpha value is -2.30. The van der Waals surface area contributed by atoms with Crippen LogP contribution in [0.3, 0.4) is 0 Å². The number of aromatic hydroxyl groups is 1. The van der Waals surface area contributed by atoms with Crippen LogP contribution in [0.15, 0.2) is 6.20 Å². The summed E-state index contributed by atoms with van der Waals surface area (Å²) < 4.78 is 24.7. The van der Waals surface area contributed by atoms with E-state index in [4.69, 9.17) is 10.4 Å². The van der Waals surface area contributed by atoms with Gasteiger partial charge in [-0.25, -0.2) is 8.78 Å². The van der Waals surface area contributed by atoms with E-state index in [1.807, 2.05) is 0 Å². The lowest BCUT2D eigenvalue weighted by Crippen LogP contribution is -2.01. The molecule has 1 rings (SSSR count). The number of nitrogens with zero attached hydrogens (tertiary/aromatic N) is 3. The molecule has 0 atom stereocenters. The first-order valence-corrected chi connectivity index (χ1v) is 3.53. The van der Waals surface area contributed by atoms with Crippen molar-refractivity contribution in [1.82, 2.24) is 4.98 Å². The summed E-state index contributed by atoms with van der Waals surface area (Å²) in [5.74, 6) is -1.93. The maximum absolute atomic E-state index is 12.4. The Morgan fingerprint density at radius 1 is 1.67 bits per heavy atom. The predicted octanol–water partition coefficient (Wildman–Crippen LogP) is 1.50. The Kier molecular flexibility index (Phi) is 2.75. The lowest BCUT2D eigenvalue weighted by atomic mass is 10.1. The van der Waals surface area contributed by atoms with Crippen LogP contribution in [0.4, 0.5) is 14.6 Å². The van der Waals surface area contributed by atoms with Gasteiger partial charge in [0, 0.05) is 0 Å². The molecule has 0 saturated heterocycles. The molecule has 6 nitrogen and oxygen atoms in total. The van der Waals surface area contributed by atoms with E-state index in [1.54, 1.807) is 0 Å². The van der Waals surface area contributed by atoms with Gasteiger partial charge in [-0.3, -0.25) is 0 Å². The second kappa shape index (κ2) is 3.83. The van der Waals surface area contributed by atoms with Crippen LogP contribution in [-0.4, -0.2) is 15.0 Å². The van der Waals surface area contributed by atoms with Gasteiger partial charge in [0.25, 0.3) is 6.43 Å². The third-order valence-electron chi connectivity index (χ3n) is 1.58. The van der Waals surface area contributed by atoms with Gasteiger partial charge in [-0.1, -0.05) is 0 Å². The molecule has 1 aromatic rings. The first-order valence-electron chi connectivity index (χ1n) is 3.53. The summed E-state index contributed by atoms with van der Waals surface area (Å²) in [6.45, 7) is 0. The van der Waals surface area contributed by atoms with Crippen LogP contribution >= 0.6 is 0 Å². The maximum atomic E-state index is 12.4. The van der Waals surface area contributed by atoms with E-state index in [2.05, 4.69) is 4.98 Å². The van der Waals surface area contributed by atoms with E-state index < -0.39 is 34.0 Å². The minimum Gasteiger partial charge on any atom is -0.504 e. The molecular formula is C7H3F2N3O3. The molecule has 0 radical (unpaired) electrons. The van der Waals surface area contributed by atoms with E-state index >= 15 is 0 Å². The quantitative estimate of drug-likeness (QED) is 0.595. The van der Waals surface area contributed by atoms with Crippen LogP contribution < -0.4 is 0 Å². The van der Waals surface area contributed by atoms with Gasteiger partial charge in [0.2, 0.25) is 0 Å². The second-order valence-electron chi connectivity index (χ2n) is 2.43. The fraction of sp³-hybridized carbons (Fsp3) is 0.143. The number of hydrogen-bond acceptors (Lipinski definition) is 5. The molecule has 0 amide bonds. The van der Waals surface area contributed by atoms with Crippen molar-refractivity contribution < 1.29 is 18.8 Å². The fourth-order valence-electron chi connectivity index (χ4n) is 0.974. The lowest BCUT2D eigenvalue weighted by Gasteiger charge is -2.03. The number of nitro groups is 1. The zero-order valence-electron chi connectivity index (χ0n) is 7.02. The van der Waals surface area contributed by atoms with Gasteiger partial charge in [0.15, 0.2) is 17.5 Å². The van der Waals surface area contributed by atoms with Crippen molar-refractivity contribution in [2.45, 2.75) is 6.43 Å². The Labute approximate surface area is 81.6 Å². The molecule has 0 aliphatic rings. The highest BCUT2D eigenvalue weighted by molar-refractivity contribution is 5.54. The smallest absolute Gasteiger partial charge is 0.382 e. The van der Waals surface area contributed by atoms with Crippen LogP contribution in [0.5, 0.6) is 5.75 Å². The largest absolute Gasteiger partial charge is 0.504 e. The normalized spacial score (nSPS) is 10.0. The van der Waals surface area contributed by atoms with Crippen molar-refractivity contribution >= 4 is 5.82 Å². The number of alkyl halides is 2. The highest BCUT2D eigenvalue weighted by Crippen LogP contribution is 2.34. The molecule has 0 aromatic carbocycles. The van der Waals surface area contributed by atoms with Crippen molar-refractivity contribution in [3.05, 3.63) is 27.4 Å². The molecule has 1 heterocycles. The number of rotatable bonds is 2. The predicted molar refractivity (Wildman–Crippen MR) is 42.2 cm³/mol. The lowest BCUT2D eigenvalue weighted by molar-refractivity contribution is -0.389. The molecule has 0 aliphatic heterocycles. The molecular weight excluding hydrogens is 212 g/mol. The van der Waals surface area contributed by atoms with Gasteiger partial charge in [0.05, 0.1) is 5.56 Å². The maximum Gasteiger partial charge on any atom is 0.382 e. The number of aromatic nitrogens is 1. The highest BCUT2D eigenvalue weighted by atomic mass is 19.3. The Balaban J connectivity index is 3.56. The Morgan fingerprint density at radius 3 is 2.67 bits per heavy atom. The summed E-state index contributed by atoms with van der Waals surface area (Å²) in [5.41, 5.74) is -1.99. The van der Waals surface area contributed by atoms with Crippen LogP contribution in [0.25, 0.3) is 0 Å². The average Bonchev–Trinajstić information content (AvgIpc) is 2.15. The van der Waals surface area contributed by atoms with E-state index in [9.17, 15) is 18.9 Å². The molecule has 0 bridgehead atoms. The van der Waals surface area contributed by atoms with Gasteiger partial charge in [-0.2, -0.15) is 5.26 Å². The summed E-state index contributed by atoms with van der Waals surface area (Å²) in [5, 5.41) is 27.8. The van der Waals surface area contributed by atoms with Crippen molar-refractivity contribution in [1.29, 1.82) is 5.26 Å². The summed E-state index contributed by atoms with van der Waals surface area (Å²) in [6.07, 6.45) is -2.66. The van der Waals surface area contributed by atoms with E-state index in [-0.39, 0.29) is 0 Å². The number of halogens is 2. The number of nitriles is 1. The Bertz CT molecular complexity index is 456. The summed E-state index contributed by atoms with van der Waals surface area (Å²) in [4.78, 5) is 12.4. The van der Waals surface area contributed by atoms with Crippen molar-refractivity contribution in [2.24, 2.45) is 0 Å². The van der Waals surface area contributed by atoms with Crippen LogP contribution in [0.1, 0.15) is 17.6 Å². The third-order valence-corrected chi connectivity index (χ3v) is 1.58. The molecule has 15 heavy (non-hydrogen) atoms. The molecule has 1 N–H and O–H groups in total. The minimum absolute atomic E-state index is 0.514. The molecule has 0 saturated carbocycles. The van der Waals surface area contributed by atoms with Gasteiger partial charge >= 0.3 is 5.82 Å². The van der Waals surface area contributed by atoms with Gasteiger partial charge in [-0.15, -0.1) is 0 Å². The number of pyridine rings is 1. The van der Waals surface area contributed by atoms with Crippen molar-refractivity contribution in [3.8, 4) is 11.8 Å². The second-order valence-corrected chi connectivity index (χ2v) is 2.43. The molecule has 0 unspecified atom stereocenters. The van der Waals surface area contributed by atoms with Gasteiger partial charge in [0.1, 0.15) is 6.07 Å². The summed E-state index contributed by atoms with van der Waals surface area (Å²) in [6, 6.07) is 1.22. The first kappa shape index (κ1) is 10.8. The van der Waals surface area contributed by atoms with E-state index in [0.717, 1.165) is 0 Å². The number of hydrogen-bond donors (Lipinski definition) is 1. The topological polar surface area (TPSA) is 100 Å². The zero-order chi connectivity index (χ0) is 11.6. The third kappa shape index (κ3) is 1.80. The molecule has 0 aliphatic carbocycles. The van der Waals surface area contributed by atoms with Crippen molar-refractivity contribution in [3.63, 3.8) is 0 Å². The fourth-order valence-corrected chi connectivity index (χ4v) is 0.974. The zero-order valence-corrected chi connectivity index (χ0v) is 7.02. The van der Waals surface area contributed by atoms with Crippen LogP contribution in [0.2, 0.25) is 0 Å². The molecule has 1 aromatic heterocycles. The first-order chi connectivity index (χ1) is 6.99. The highest BCUT2D eigenvalue weighted by Gasteiger charge is 2.28. The molecule has 0 fully saturated rings. The van der Waals surface area contributed by atoms with Gasteiger partial charge in [-0.05, 0) is 9.91 Å². The molecule has 0 spiro atoms. The van der Waals surface area contributed by atoms with Crippen LogP contribution in [0, 0.1) is 21.4 Å². The van der Waals surface area contributed by atoms with Crippen LogP contribution in [-0.2, 0) is 0 Å². The van der Waals surface area contributed by atoms with E-state index in [0.29, 0.717) is 6.20 Å². The monoisotopic (exact) mass is 215 g/mol. The van der Waals surface area contributed by atoms with E-state index in [1.165, 1.54) is 6.07 Å². The summed E-state index contributed by atoms with van der Waals surface area (Å²) in [7, 11) is 0. The standard InChI is InChI=1S/C7H3F2N3O3/c8-6(9)5-3(1-10)7(12(14)15)11-2-4(5)13/h2,6,13H. The SMILES string of the molecule is N#Cc1c([N+](=O)[O-])ncc(O)c1C(F)F. The molecule has 78 valence electrons. The summed E-state index contributed by atoms with van der Waals surface area (Å²) >= 11 is 0.